The van der Waals surface area contributed by atoms with Crippen molar-refractivity contribution in [1.29, 1.82) is 0 Å². The predicted octanol–water partition coefficient (Wildman–Crippen LogP) is 1.45. The van der Waals surface area contributed by atoms with Crippen LogP contribution in [0.2, 0.25) is 0 Å². The molecular weight excluding hydrogens is 250 g/mol. The van der Waals surface area contributed by atoms with E-state index in [4.69, 9.17) is 11.5 Å². The normalized spacial score (nSPS) is 22.1. The third-order valence-corrected chi connectivity index (χ3v) is 4.18. The van der Waals surface area contributed by atoms with Gasteiger partial charge in [-0.3, -0.25) is 4.79 Å². The Balaban J connectivity index is 2.20. The maximum atomic E-state index is 11.9. The summed E-state index contributed by atoms with van der Waals surface area (Å²) >= 11 is 0. The number of primary amides is 1. The van der Waals surface area contributed by atoms with Crippen molar-refractivity contribution in [1.82, 2.24) is 4.90 Å². The molecule has 1 aliphatic rings. The van der Waals surface area contributed by atoms with Gasteiger partial charge in [-0.25, -0.2) is 0 Å². The molecule has 1 heterocycles. The lowest BCUT2D eigenvalue weighted by Gasteiger charge is -2.41. The molecule has 1 aliphatic heterocycles. The molecule has 1 amide bonds. The Bertz CT molecular complexity index is 472. The summed E-state index contributed by atoms with van der Waals surface area (Å²) in [6.07, 6.45) is 2.35. The summed E-state index contributed by atoms with van der Waals surface area (Å²) in [7, 11) is 0. The van der Waals surface area contributed by atoms with Crippen molar-refractivity contribution in [2.45, 2.75) is 32.2 Å². The van der Waals surface area contributed by atoms with Crippen LogP contribution in [0.4, 0.5) is 0 Å². The minimum Gasteiger partial charge on any atom is -0.368 e. The molecule has 1 saturated heterocycles. The Labute approximate surface area is 121 Å². The summed E-state index contributed by atoms with van der Waals surface area (Å²) < 4.78 is 0. The van der Waals surface area contributed by atoms with Crippen LogP contribution in [0, 0.1) is 5.41 Å². The Morgan fingerprint density at radius 3 is 2.55 bits per heavy atom. The minimum absolute atomic E-state index is 0.271. The SMILES string of the molecule is CC1(C)CCCN(CC(N)(C(N)=O)c2ccccc2)C1. The lowest BCUT2D eigenvalue weighted by molar-refractivity contribution is -0.124. The van der Waals surface area contributed by atoms with E-state index >= 15 is 0 Å². The van der Waals surface area contributed by atoms with E-state index < -0.39 is 11.4 Å². The lowest BCUT2D eigenvalue weighted by Crippen LogP contribution is -2.58. The van der Waals surface area contributed by atoms with E-state index in [1.807, 2.05) is 30.3 Å². The van der Waals surface area contributed by atoms with Gasteiger partial charge < -0.3 is 16.4 Å². The first-order valence-corrected chi connectivity index (χ1v) is 7.20. The number of benzene rings is 1. The molecule has 0 bridgehead atoms. The zero-order valence-corrected chi connectivity index (χ0v) is 12.4. The van der Waals surface area contributed by atoms with E-state index in [1.165, 1.54) is 6.42 Å². The number of nitrogens with two attached hydrogens (primary N) is 2. The largest absolute Gasteiger partial charge is 0.368 e. The Kier molecular flexibility index (Phi) is 4.16. The first-order chi connectivity index (χ1) is 9.33. The van der Waals surface area contributed by atoms with Crippen molar-refractivity contribution in [3.8, 4) is 0 Å². The number of hydrogen-bond donors (Lipinski definition) is 2. The van der Waals surface area contributed by atoms with Crippen LogP contribution in [-0.2, 0) is 10.3 Å². The highest BCUT2D eigenvalue weighted by Crippen LogP contribution is 2.30. The number of likely N-dealkylation sites (tertiary alicyclic amines) is 1. The molecule has 0 radical (unpaired) electrons. The Morgan fingerprint density at radius 1 is 1.35 bits per heavy atom. The van der Waals surface area contributed by atoms with Crippen LogP contribution in [0.25, 0.3) is 0 Å². The number of carbonyl (C=O) groups excluding carboxylic acids is 1. The minimum atomic E-state index is -1.12. The molecule has 2 rings (SSSR count). The monoisotopic (exact) mass is 275 g/mol. The van der Waals surface area contributed by atoms with Crippen molar-refractivity contribution in [3.63, 3.8) is 0 Å². The number of rotatable bonds is 4. The second-order valence-corrected chi connectivity index (χ2v) is 6.68. The molecule has 0 spiro atoms. The fraction of sp³-hybridized carbons (Fsp3) is 0.562. The van der Waals surface area contributed by atoms with Gasteiger partial charge in [0.15, 0.2) is 0 Å². The number of piperidine rings is 1. The van der Waals surface area contributed by atoms with Gasteiger partial charge in [0, 0.05) is 13.1 Å². The lowest BCUT2D eigenvalue weighted by atomic mass is 9.82. The van der Waals surface area contributed by atoms with Gasteiger partial charge in [-0.05, 0) is 30.4 Å². The van der Waals surface area contributed by atoms with Crippen LogP contribution in [0.15, 0.2) is 30.3 Å². The molecule has 1 aromatic rings. The summed E-state index contributed by atoms with van der Waals surface area (Å²) in [5.41, 5.74) is 11.9. The predicted molar refractivity (Wildman–Crippen MR) is 81.0 cm³/mol. The molecule has 0 aromatic heterocycles. The van der Waals surface area contributed by atoms with Gasteiger partial charge >= 0.3 is 0 Å². The van der Waals surface area contributed by atoms with Crippen LogP contribution in [0.1, 0.15) is 32.3 Å². The first-order valence-electron chi connectivity index (χ1n) is 7.20. The highest BCUT2D eigenvalue weighted by Gasteiger charge is 2.38. The maximum absolute atomic E-state index is 11.9. The van der Waals surface area contributed by atoms with Crippen LogP contribution in [0.5, 0.6) is 0 Å². The van der Waals surface area contributed by atoms with Crippen LogP contribution in [-0.4, -0.2) is 30.4 Å². The van der Waals surface area contributed by atoms with E-state index in [-0.39, 0.29) is 5.41 Å². The molecule has 4 nitrogen and oxygen atoms in total. The van der Waals surface area contributed by atoms with E-state index in [0.717, 1.165) is 25.1 Å². The number of hydrogen-bond acceptors (Lipinski definition) is 3. The van der Waals surface area contributed by atoms with E-state index in [0.29, 0.717) is 6.54 Å². The van der Waals surface area contributed by atoms with E-state index in [2.05, 4.69) is 18.7 Å². The van der Waals surface area contributed by atoms with Gasteiger partial charge in [-0.2, -0.15) is 0 Å². The summed E-state index contributed by atoms with van der Waals surface area (Å²) in [5.74, 6) is -0.466. The number of carbonyl (C=O) groups is 1. The third kappa shape index (κ3) is 3.19. The molecule has 1 atom stereocenters. The Hall–Kier alpha value is -1.39. The molecule has 0 saturated carbocycles. The summed E-state index contributed by atoms with van der Waals surface area (Å²) in [6.45, 7) is 6.92. The molecule has 0 aliphatic carbocycles. The summed E-state index contributed by atoms with van der Waals surface area (Å²) in [5, 5.41) is 0. The quantitative estimate of drug-likeness (QED) is 0.873. The molecular formula is C16H25N3O. The van der Waals surface area contributed by atoms with Gasteiger partial charge in [-0.15, -0.1) is 0 Å². The zero-order valence-electron chi connectivity index (χ0n) is 12.4. The fourth-order valence-corrected chi connectivity index (χ4v) is 3.08. The number of amides is 1. The second-order valence-electron chi connectivity index (χ2n) is 6.68. The van der Waals surface area contributed by atoms with Crippen molar-refractivity contribution in [2.24, 2.45) is 16.9 Å². The zero-order chi connectivity index (χ0) is 14.8. The van der Waals surface area contributed by atoms with Gasteiger partial charge in [-0.1, -0.05) is 44.2 Å². The van der Waals surface area contributed by atoms with Gasteiger partial charge in [0.05, 0.1) is 0 Å². The highest BCUT2D eigenvalue weighted by molar-refractivity contribution is 5.86. The molecule has 110 valence electrons. The fourth-order valence-electron chi connectivity index (χ4n) is 3.08. The van der Waals surface area contributed by atoms with Crippen molar-refractivity contribution < 1.29 is 4.79 Å². The number of nitrogens with zero attached hydrogens (tertiary/aromatic N) is 1. The average Bonchev–Trinajstić information content (AvgIpc) is 2.38. The molecule has 1 fully saturated rings. The third-order valence-electron chi connectivity index (χ3n) is 4.18. The van der Waals surface area contributed by atoms with E-state index in [1.54, 1.807) is 0 Å². The van der Waals surface area contributed by atoms with Crippen LogP contribution < -0.4 is 11.5 Å². The molecule has 1 aromatic carbocycles. The average molecular weight is 275 g/mol. The van der Waals surface area contributed by atoms with Crippen molar-refractivity contribution in [2.75, 3.05) is 19.6 Å². The smallest absolute Gasteiger partial charge is 0.243 e. The second kappa shape index (κ2) is 5.54. The van der Waals surface area contributed by atoms with E-state index in [9.17, 15) is 4.79 Å². The van der Waals surface area contributed by atoms with Gasteiger partial charge in [0.25, 0.3) is 0 Å². The summed E-state index contributed by atoms with van der Waals surface area (Å²) in [4.78, 5) is 14.2. The first kappa shape index (κ1) is 15.0. The molecule has 20 heavy (non-hydrogen) atoms. The molecule has 1 unspecified atom stereocenters. The van der Waals surface area contributed by atoms with Crippen molar-refractivity contribution >= 4 is 5.91 Å². The standard InChI is InChI=1S/C16H25N3O/c1-15(2)9-6-10-19(11-15)12-16(18,14(17)20)13-7-4-3-5-8-13/h3-5,7-8H,6,9-12,18H2,1-2H3,(H2,17,20). The van der Waals surface area contributed by atoms with Crippen LogP contribution in [0.3, 0.4) is 0 Å². The molecule has 4 heteroatoms. The van der Waals surface area contributed by atoms with Crippen LogP contribution >= 0.6 is 0 Å². The summed E-state index contributed by atoms with van der Waals surface area (Å²) in [6, 6.07) is 9.44. The van der Waals surface area contributed by atoms with Crippen molar-refractivity contribution in [3.05, 3.63) is 35.9 Å². The Morgan fingerprint density at radius 2 is 2.00 bits per heavy atom. The molecule has 4 N–H and O–H groups in total. The van der Waals surface area contributed by atoms with Gasteiger partial charge in [0.1, 0.15) is 5.54 Å². The van der Waals surface area contributed by atoms with Gasteiger partial charge in [0.2, 0.25) is 5.91 Å². The topological polar surface area (TPSA) is 72.3 Å². The highest BCUT2D eigenvalue weighted by atomic mass is 16.1. The maximum Gasteiger partial charge on any atom is 0.243 e.